The van der Waals surface area contributed by atoms with Gasteiger partial charge in [-0.05, 0) is 37.8 Å². The summed E-state index contributed by atoms with van der Waals surface area (Å²) in [7, 11) is 0. The number of nitrogens with one attached hydrogen (secondary N) is 1. The lowest BCUT2D eigenvalue weighted by atomic mass is 10.0. The maximum Gasteiger partial charge on any atom is 0.256 e. The van der Waals surface area contributed by atoms with Crippen LogP contribution in [0.25, 0.3) is 0 Å². The number of carbonyl (C=O) groups is 2. The standard InChI is InChI=1S/C21H27FN4O3/c1-2-6-18-24-20(29-25-18)10-5-9-19(27)23-15-11-13-26(14-12-15)21(28)16-7-3-4-8-17(16)22/h3-4,7-8,15H,2,5-6,9-14H2,1H3,(H,23,27). The minimum absolute atomic E-state index is 0.0165. The van der Waals surface area contributed by atoms with Gasteiger partial charge in [0.2, 0.25) is 11.8 Å². The number of nitrogens with zero attached hydrogens (tertiary/aromatic N) is 3. The average Bonchev–Trinajstić information content (AvgIpc) is 3.16. The van der Waals surface area contributed by atoms with Gasteiger partial charge in [-0.1, -0.05) is 24.2 Å². The number of benzene rings is 1. The van der Waals surface area contributed by atoms with Crippen molar-refractivity contribution in [3.05, 3.63) is 47.4 Å². The smallest absolute Gasteiger partial charge is 0.256 e. The lowest BCUT2D eigenvalue weighted by molar-refractivity contribution is -0.122. The van der Waals surface area contributed by atoms with E-state index in [-0.39, 0.29) is 23.4 Å². The third-order valence-corrected chi connectivity index (χ3v) is 5.03. The van der Waals surface area contributed by atoms with Crippen LogP contribution < -0.4 is 5.32 Å². The van der Waals surface area contributed by atoms with Gasteiger partial charge in [-0.2, -0.15) is 4.98 Å². The minimum atomic E-state index is -0.504. The molecule has 2 aromatic rings. The Labute approximate surface area is 169 Å². The molecule has 0 saturated carbocycles. The van der Waals surface area contributed by atoms with E-state index >= 15 is 0 Å². The number of carbonyl (C=O) groups excluding carboxylic acids is 2. The molecule has 8 heteroatoms. The molecule has 1 aromatic carbocycles. The largest absolute Gasteiger partial charge is 0.353 e. The van der Waals surface area contributed by atoms with Crippen LogP contribution in [0.1, 0.15) is 61.1 Å². The number of piperidine rings is 1. The molecular formula is C21H27FN4O3. The summed E-state index contributed by atoms with van der Waals surface area (Å²) in [5.74, 6) is 0.466. The number of aromatic nitrogens is 2. The van der Waals surface area contributed by atoms with Crippen LogP contribution in [0.4, 0.5) is 4.39 Å². The highest BCUT2D eigenvalue weighted by Crippen LogP contribution is 2.16. The number of likely N-dealkylation sites (tertiary alicyclic amines) is 1. The van der Waals surface area contributed by atoms with Crippen LogP contribution in [0.15, 0.2) is 28.8 Å². The van der Waals surface area contributed by atoms with Crippen molar-refractivity contribution in [3.63, 3.8) is 0 Å². The summed E-state index contributed by atoms with van der Waals surface area (Å²) in [6.45, 7) is 3.06. The number of rotatable bonds is 8. The van der Waals surface area contributed by atoms with Crippen LogP contribution in [0.3, 0.4) is 0 Å². The third-order valence-electron chi connectivity index (χ3n) is 5.03. The van der Waals surface area contributed by atoms with Crippen LogP contribution in [0.5, 0.6) is 0 Å². The maximum absolute atomic E-state index is 13.8. The molecule has 1 saturated heterocycles. The molecule has 7 nitrogen and oxygen atoms in total. The number of halogens is 1. The summed E-state index contributed by atoms with van der Waals surface area (Å²) in [5.41, 5.74) is 0.0955. The van der Waals surface area contributed by atoms with Gasteiger partial charge in [0.05, 0.1) is 5.56 Å². The molecule has 156 valence electrons. The monoisotopic (exact) mass is 402 g/mol. The highest BCUT2D eigenvalue weighted by molar-refractivity contribution is 5.94. The summed E-state index contributed by atoms with van der Waals surface area (Å²) >= 11 is 0. The van der Waals surface area contributed by atoms with Gasteiger partial charge in [0, 0.05) is 38.4 Å². The first-order valence-corrected chi connectivity index (χ1v) is 10.2. The van der Waals surface area contributed by atoms with Gasteiger partial charge in [0.1, 0.15) is 5.82 Å². The zero-order valence-corrected chi connectivity index (χ0v) is 16.7. The molecule has 1 aromatic heterocycles. The summed E-state index contributed by atoms with van der Waals surface area (Å²) in [4.78, 5) is 30.6. The summed E-state index contributed by atoms with van der Waals surface area (Å²) in [5, 5.41) is 6.93. The van der Waals surface area contributed by atoms with Gasteiger partial charge < -0.3 is 14.7 Å². The van der Waals surface area contributed by atoms with Crippen molar-refractivity contribution in [2.45, 2.75) is 57.9 Å². The molecule has 1 aliphatic heterocycles. The topological polar surface area (TPSA) is 88.3 Å². The Morgan fingerprint density at radius 1 is 1.24 bits per heavy atom. The predicted octanol–water partition coefficient (Wildman–Crippen LogP) is 2.90. The van der Waals surface area contributed by atoms with Gasteiger partial charge in [-0.15, -0.1) is 0 Å². The van der Waals surface area contributed by atoms with Crippen molar-refractivity contribution in [2.75, 3.05) is 13.1 Å². The summed E-state index contributed by atoms with van der Waals surface area (Å²) < 4.78 is 19.0. The second-order valence-corrected chi connectivity index (χ2v) is 7.32. The zero-order chi connectivity index (χ0) is 20.6. The average molecular weight is 402 g/mol. The maximum atomic E-state index is 13.8. The molecule has 0 aliphatic carbocycles. The first-order valence-electron chi connectivity index (χ1n) is 10.2. The Morgan fingerprint density at radius 2 is 2.00 bits per heavy atom. The van der Waals surface area contributed by atoms with Gasteiger partial charge >= 0.3 is 0 Å². The lowest BCUT2D eigenvalue weighted by Gasteiger charge is -2.32. The molecule has 1 N–H and O–H groups in total. The van der Waals surface area contributed by atoms with E-state index < -0.39 is 5.82 Å². The molecule has 0 unspecified atom stereocenters. The van der Waals surface area contributed by atoms with E-state index in [2.05, 4.69) is 22.4 Å². The molecule has 0 radical (unpaired) electrons. The molecular weight excluding hydrogens is 375 g/mol. The Morgan fingerprint density at radius 3 is 2.72 bits per heavy atom. The third kappa shape index (κ3) is 5.85. The fourth-order valence-corrected chi connectivity index (χ4v) is 3.45. The molecule has 1 fully saturated rings. The van der Waals surface area contributed by atoms with Gasteiger partial charge in [0.15, 0.2) is 5.82 Å². The Bertz CT molecular complexity index is 831. The Kier molecular flexibility index (Phi) is 7.32. The second-order valence-electron chi connectivity index (χ2n) is 7.32. The van der Waals surface area contributed by atoms with E-state index in [1.54, 1.807) is 17.0 Å². The molecule has 0 bridgehead atoms. The summed E-state index contributed by atoms with van der Waals surface area (Å²) in [6.07, 6.45) is 4.70. The lowest BCUT2D eigenvalue weighted by Crippen LogP contribution is -2.46. The van der Waals surface area contributed by atoms with Crippen LogP contribution in [-0.4, -0.2) is 46.0 Å². The minimum Gasteiger partial charge on any atom is -0.353 e. The van der Waals surface area contributed by atoms with Crippen molar-refractivity contribution in [3.8, 4) is 0 Å². The molecule has 29 heavy (non-hydrogen) atoms. The van der Waals surface area contributed by atoms with Gasteiger partial charge in [0.25, 0.3) is 5.91 Å². The SMILES string of the molecule is CCCc1noc(CCCC(=O)NC2CCN(C(=O)c3ccccc3F)CC2)n1. The Hall–Kier alpha value is -2.77. The number of hydrogen-bond acceptors (Lipinski definition) is 5. The van der Waals surface area contributed by atoms with Gasteiger partial charge in [-0.3, -0.25) is 9.59 Å². The molecule has 0 atom stereocenters. The predicted molar refractivity (Wildman–Crippen MR) is 105 cm³/mol. The van der Waals surface area contributed by atoms with Crippen LogP contribution in [0, 0.1) is 5.82 Å². The molecule has 0 spiro atoms. The van der Waals surface area contributed by atoms with E-state index in [1.165, 1.54) is 12.1 Å². The highest BCUT2D eigenvalue weighted by atomic mass is 19.1. The van der Waals surface area contributed by atoms with E-state index in [0.29, 0.717) is 56.9 Å². The normalized spacial score (nSPS) is 14.8. The second kappa shape index (κ2) is 10.1. The summed E-state index contributed by atoms with van der Waals surface area (Å²) in [6, 6.07) is 6.05. The van der Waals surface area contributed by atoms with Crippen molar-refractivity contribution in [2.24, 2.45) is 0 Å². The van der Waals surface area contributed by atoms with E-state index in [9.17, 15) is 14.0 Å². The van der Waals surface area contributed by atoms with E-state index in [4.69, 9.17) is 4.52 Å². The quantitative estimate of drug-likeness (QED) is 0.733. The van der Waals surface area contributed by atoms with Crippen LogP contribution >= 0.6 is 0 Å². The fourth-order valence-electron chi connectivity index (χ4n) is 3.45. The van der Waals surface area contributed by atoms with Crippen molar-refractivity contribution in [1.29, 1.82) is 0 Å². The molecule has 1 aliphatic rings. The van der Waals surface area contributed by atoms with Crippen molar-refractivity contribution >= 4 is 11.8 Å². The van der Waals surface area contributed by atoms with Crippen LogP contribution in [-0.2, 0) is 17.6 Å². The van der Waals surface area contributed by atoms with Crippen LogP contribution in [0.2, 0.25) is 0 Å². The fraction of sp³-hybridized carbons (Fsp3) is 0.524. The first kappa shape index (κ1) is 21.0. The Balaban J connectivity index is 1.37. The van der Waals surface area contributed by atoms with E-state index in [0.717, 1.165) is 12.8 Å². The number of amides is 2. The zero-order valence-electron chi connectivity index (χ0n) is 16.7. The highest BCUT2D eigenvalue weighted by Gasteiger charge is 2.25. The number of hydrogen-bond donors (Lipinski definition) is 1. The number of aryl methyl sites for hydroxylation is 2. The first-order chi connectivity index (χ1) is 14.1. The van der Waals surface area contributed by atoms with E-state index in [1.807, 2.05) is 0 Å². The van der Waals surface area contributed by atoms with Crippen molar-refractivity contribution < 1.29 is 18.5 Å². The van der Waals surface area contributed by atoms with Gasteiger partial charge in [-0.25, -0.2) is 4.39 Å². The molecule has 2 heterocycles. The molecule has 2 amide bonds. The van der Waals surface area contributed by atoms with Crippen molar-refractivity contribution in [1.82, 2.24) is 20.4 Å². The molecule has 3 rings (SSSR count).